The van der Waals surface area contributed by atoms with Gasteiger partial charge in [-0.2, -0.15) is 0 Å². The molecule has 2 aromatic rings. The predicted octanol–water partition coefficient (Wildman–Crippen LogP) is 3.46. The third-order valence-electron chi connectivity index (χ3n) is 3.06. The van der Waals surface area contributed by atoms with E-state index < -0.39 is 6.10 Å². The standard InChI is InChI=1S/C15H18O3S/c1-9-5-14(10(2)19-9)15(16)11-6-12(17-3)8-13(7-11)18-4/h5-8,15-16H,1-4H3. The molecule has 0 bridgehead atoms. The first-order chi connectivity index (χ1) is 9.05. The molecule has 2 rings (SSSR count). The maximum absolute atomic E-state index is 10.5. The van der Waals surface area contributed by atoms with Crippen LogP contribution in [0.3, 0.4) is 0 Å². The van der Waals surface area contributed by atoms with Crippen molar-refractivity contribution in [2.24, 2.45) is 0 Å². The summed E-state index contributed by atoms with van der Waals surface area (Å²) in [5.41, 5.74) is 1.72. The van der Waals surface area contributed by atoms with E-state index in [0.717, 1.165) is 16.0 Å². The van der Waals surface area contributed by atoms with Crippen LogP contribution in [0, 0.1) is 13.8 Å². The van der Waals surface area contributed by atoms with Crippen LogP contribution >= 0.6 is 11.3 Å². The van der Waals surface area contributed by atoms with E-state index in [4.69, 9.17) is 9.47 Å². The highest BCUT2D eigenvalue weighted by Gasteiger charge is 2.17. The molecular weight excluding hydrogens is 260 g/mol. The molecule has 1 N–H and O–H groups in total. The molecule has 102 valence electrons. The van der Waals surface area contributed by atoms with Crippen molar-refractivity contribution in [3.05, 3.63) is 45.1 Å². The smallest absolute Gasteiger partial charge is 0.122 e. The molecule has 4 heteroatoms. The normalized spacial score (nSPS) is 12.3. The Hall–Kier alpha value is -1.52. The highest BCUT2D eigenvalue weighted by Crippen LogP contribution is 2.34. The van der Waals surface area contributed by atoms with Crippen molar-refractivity contribution in [2.45, 2.75) is 20.0 Å². The summed E-state index contributed by atoms with van der Waals surface area (Å²) in [6.07, 6.45) is -0.658. The van der Waals surface area contributed by atoms with E-state index in [-0.39, 0.29) is 0 Å². The molecule has 1 heterocycles. The Morgan fingerprint density at radius 2 is 1.58 bits per heavy atom. The van der Waals surface area contributed by atoms with Gasteiger partial charge in [-0.3, -0.25) is 0 Å². The van der Waals surface area contributed by atoms with Gasteiger partial charge < -0.3 is 14.6 Å². The fraction of sp³-hybridized carbons (Fsp3) is 0.333. The lowest BCUT2D eigenvalue weighted by molar-refractivity contribution is 0.219. The van der Waals surface area contributed by atoms with Crippen LogP contribution in [0.5, 0.6) is 11.5 Å². The van der Waals surface area contributed by atoms with Crippen molar-refractivity contribution in [2.75, 3.05) is 14.2 Å². The van der Waals surface area contributed by atoms with Gasteiger partial charge in [0, 0.05) is 15.8 Å². The average Bonchev–Trinajstić information content (AvgIpc) is 2.76. The first-order valence-electron chi connectivity index (χ1n) is 6.03. The molecule has 1 aromatic heterocycles. The topological polar surface area (TPSA) is 38.7 Å². The van der Waals surface area contributed by atoms with E-state index in [1.165, 1.54) is 4.88 Å². The number of hydrogen-bond acceptors (Lipinski definition) is 4. The second-order valence-electron chi connectivity index (χ2n) is 4.42. The minimum atomic E-state index is -0.658. The van der Waals surface area contributed by atoms with E-state index in [9.17, 15) is 5.11 Å². The van der Waals surface area contributed by atoms with Gasteiger partial charge in [-0.05, 0) is 43.2 Å². The van der Waals surface area contributed by atoms with Gasteiger partial charge in [0.1, 0.15) is 17.6 Å². The number of hydrogen-bond donors (Lipinski definition) is 1. The molecule has 0 saturated heterocycles. The van der Waals surface area contributed by atoms with Crippen molar-refractivity contribution in [3.63, 3.8) is 0 Å². The molecule has 0 fully saturated rings. The van der Waals surface area contributed by atoms with Crippen molar-refractivity contribution in [3.8, 4) is 11.5 Å². The highest BCUT2D eigenvalue weighted by molar-refractivity contribution is 7.12. The van der Waals surface area contributed by atoms with Crippen LogP contribution in [-0.2, 0) is 0 Å². The van der Waals surface area contributed by atoms with Gasteiger partial charge >= 0.3 is 0 Å². The Balaban J connectivity index is 2.43. The molecule has 0 spiro atoms. The molecule has 1 unspecified atom stereocenters. The van der Waals surface area contributed by atoms with E-state index in [1.807, 2.05) is 32.0 Å². The van der Waals surface area contributed by atoms with Gasteiger partial charge in [-0.15, -0.1) is 11.3 Å². The quantitative estimate of drug-likeness (QED) is 0.930. The van der Waals surface area contributed by atoms with E-state index >= 15 is 0 Å². The SMILES string of the molecule is COc1cc(OC)cc(C(O)c2cc(C)sc2C)c1. The number of rotatable bonds is 4. The Bertz CT molecular complexity index is 553. The average molecular weight is 278 g/mol. The molecule has 3 nitrogen and oxygen atoms in total. The summed E-state index contributed by atoms with van der Waals surface area (Å²) in [6, 6.07) is 7.48. The van der Waals surface area contributed by atoms with Crippen LogP contribution in [0.2, 0.25) is 0 Å². The third-order valence-corrected chi connectivity index (χ3v) is 4.05. The summed E-state index contributed by atoms with van der Waals surface area (Å²) < 4.78 is 10.5. The number of ether oxygens (including phenoxy) is 2. The lowest BCUT2D eigenvalue weighted by atomic mass is 10.0. The fourth-order valence-corrected chi connectivity index (χ4v) is 3.05. The number of thiophene rings is 1. The van der Waals surface area contributed by atoms with E-state index in [0.29, 0.717) is 11.5 Å². The summed E-state index contributed by atoms with van der Waals surface area (Å²) in [6.45, 7) is 4.06. The number of aryl methyl sites for hydroxylation is 2. The Morgan fingerprint density at radius 3 is 2.00 bits per heavy atom. The summed E-state index contributed by atoms with van der Waals surface area (Å²) in [4.78, 5) is 2.33. The molecule has 0 saturated carbocycles. The molecule has 19 heavy (non-hydrogen) atoms. The second-order valence-corrected chi connectivity index (χ2v) is 5.88. The van der Waals surface area contributed by atoms with E-state index in [1.54, 1.807) is 31.6 Å². The van der Waals surface area contributed by atoms with Crippen LogP contribution in [0.15, 0.2) is 24.3 Å². The lowest BCUT2D eigenvalue weighted by Crippen LogP contribution is -2.01. The molecular formula is C15H18O3S. The maximum atomic E-state index is 10.5. The third kappa shape index (κ3) is 2.91. The summed E-state index contributed by atoms with van der Waals surface area (Å²) in [7, 11) is 3.20. The first-order valence-corrected chi connectivity index (χ1v) is 6.84. The summed E-state index contributed by atoms with van der Waals surface area (Å²) in [5, 5.41) is 10.5. The van der Waals surface area contributed by atoms with Crippen molar-refractivity contribution >= 4 is 11.3 Å². The fourth-order valence-electron chi connectivity index (χ4n) is 2.09. The zero-order chi connectivity index (χ0) is 14.0. The zero-order valence-corrected chi connectivity index (χ0v) is 12.4. The van der Waals surface area contributed by atoms with Crippen LogP contribution in [0.25, 0.3) is 0 Å². The largest absolute Gasteiger partial charge is 0.497 e. The molecule has 0 aliphatic carbocycles. The molecule has 0 radical (unpaired) electrons. The molecule has 0 aliphatic rings. The zero-order valence-electron chi connectivity index (χ0n) is 11.6. The van der Waals surface area contributed by atoms with Gasteiger partial charge in [0.15, 0.2) is 0 Å². The monoisotopic (exact) mass is 278 g/mol. The van der Waals surface area contributed by atoms with E-state index in [2.05, 4.69) is 0 Å². The Kier molecular flexibility index (Phi) is 4.12. The Morgan fingerprint density at radius 1 is 1.00 bits per heavy atom. The van der Waals surface area contributed by atoms with Crippen molar-refractivity contribution in [1.29, 1.82) is 0 Å². The van der Waals surface area contributed by atoms with Crippen LogP contribution < -0.4 is 9.47 Å². The van der Waals surface area contributed by atoms with Gasteiger partial charge in [-0.1, -0.05) is 0 Å². The predicted molar refractivity (Wildman–Crippen MR) is 77.4 cm³/mol. The minimum absolute atomic E-state index is 0.658. The second kappa shape index (κ2) is 5.63. The first kappa shape index (κ1) is 13.9. The van der Waals surface area contributed by atoms with Crippen LogP contribution in [0.4, 0.5) is 0 Å². The lowest BCUT2D eigenvalue weighted by Gasteiger charge is -2.14. The molecule has 1 atom stereocenters. The highest BCUT2D eigenvalue weighted by atomic mass is 32.1. The molecule has 0 aliphatic heterocycles. The molecule has 0 amide bonds. The van der Waals surface area contributed by atoms with Gasteiger partial charge in [0.25, 0.3) is 0 Å². The van der Waals surface area contributed by atoms with Crippen molar-refractivity contribution < 1.29 is 14.6 Å². The number of aliphatic hydroxyl groups is 1. The summed E-state index contributed by atoms with van der Waals surface area (Å²) in [5.74, 6) is 1.36. The number of aliphatic hydroxyl groups excluding tert-OH is 1. The van der Waals surface area contributed by atoms with Crippen LogP contribution in [-0.4, -0.2) is 19.3 Å². The van der Waals surface area contributed by atoms with Gasteiger partial charge in [0.05, 0.1) is 14.2 Å². The maximum Gasteiger partial charge on any atom is 0.122 e. The number of methoxy groups -OCH3 is 2. The Labute approximate surface area is 117 Å². The van der Waals surface area contributed by atoms with Crippen molar-refractivity contribution in [1.82, 2.24) is 0 Å². The van der Waals surface area contributed by atoms with Gasteiger partial charge in [-0.25, -0.2) is 0 Å². The van der Waals surface area contributed by atoms with Gasteiger partial charge in [0.2, 0.25) is 0 Å². The van der Waals surface area contributed by atoms with Crippen LogP contribution in [0.1, 0.15) is 27.0 Å². The number of benzene rings is 1. The molecule has 1 aromatic carbocycles. The summed E-state index contributed by atoms with van der Waals surface area (Å²) >= 11 is 1.69. The minimum Gasteiger partial charge on any atom is -0.497 e.